The number of nitrogens with one attached hydrogen (secondary N) is 1. The Kier molecular flexibility index (Phi) is 3.70. The van der Waals surface area contributed by atoms with E-state index in [1.165, 1.54) is 0 Å². The first-order valence-corrected chi connectivity index (χ1v) is 5.72. The summed E-state index contributed by atoms with van der Waals surface area (Å²) < 4.78 is 10.4. The maximum Gasteiger partial charge on any atom is 0.222 e. The van der Waals surface area contributed by atoms with Crippen LogP contribution >= 0.6 is 0 Å². The number of methoxy groups -OCH3 is 2. The number of benzene rings is 1. The molecule has 2 rings (SSSR count). The molecular weight excluding hydrogens is 244 g/mol. The van der Waals surface area contributed by atoms with Gasteiger partial charge in [-0.2, -0.15) is 4.98 Å². The number of aryl methyl sites for hydroxylation is 1. The van der Waals surface area contributed by atoms with Crippen LogP contribution in [0.3, 0.4) is 0 Å². The van der Waals surface area contributed by atoms with E-state index in [1.807, 2.05) is 31.2 Å². The topological polar surface area (TPSA) is 82.3 Å². The molecule has 100 valence electrons. The summed E-state index contributed by atoms with van der Waals surface area (Å²) in [5.74, 6) is 2.19. The van der Waals surface area contributed by atoms with Crippen LogP contribution < -0.4 is 20.5 Å². The lowest BCUT2D eigenvalue weighted by Crippen LogP contribution is -2.01. The highest BCUT2D eigenvalue weighted by molar-refractivity contribution is 5.62. The van der Waals surface area contributed by atoms with Gasteiger partial charge in [-0.1, -0.05) is 0 Å². The van der Waals surface area contributed by atoms with Crippen molar-refractivity contribution in [3.05, 3.63) is 30.0 Å². The van der Waals surface area contributed by atoms with Gasteiger partial charge in [-0.25, -0.2) is 4.98 Å². The molecule has 1 aromatic heterocycles. The van der Waals surface area contributed by atoms with Gasteiger partial charge in [0.25, 0.3) is 0 Å². The van der Waals surface area contributed by atoms with E-state index in [-0.39, 0.29) is 5.95 Å². The van der Waals surface area contributed by atoms with Gasteiger partial charge < -0.3 is 20.5 Å². The molecule has 0 spiro atoms. The van der Waals surface area contributed by atoms with Crippen molar-refractivity contribution < 1.29 is 9.47 Å². The first-order valence-electron chi connectivity index (χ1n) is 5.72. The van der Waals surface area contributed by atoms with Crippen molar-refractivity contribution in [2.75, 3.05) is 25.3 Å². The Morgan fingerprint density at radius 2 is 1.79 bits per heavy atom. The molecule has 1 aromatic carbocycles. The maximum atomic E-state index is 5.61. The maximum absolute atomic E-state index is 5.61. The number of hydrogen-bond acceptors (Lipinski definition) is 6. The molecule has 6 heteroatoms. The van der Waals surface area contributed by atoms with Crippen LogP contribution in [0.4, 0.5) is 17.5 Å². The lowest BCUT2D eigenvalue weighted by Gasteiger charge is -2.11. The van der Waals surface area contributed by atoms with Crippen LogP contribution in [0.25, 0.3) is 0 Å². The molecule has 3 N–H and O–H groups in total. The second kappa shape index (κ2) is 5.43. The number of nitrogens with two attached hydrogens (primary N) is 1. The third kappa shape index (κ3) is 3.04. The minimum Gasteiger partial charge on any atom is -0.493 e. The van der Waals surface area contributed by atoms with Gasteiger partial charge >= 0.3 is 0 Å². The second-order valence-electron chi connectivity index (χ2n) is 3.95. The molecule has 0 fully saturated rings. The highest BCUT2D eigenvalue weighted by Gasteiger charge is 2.06. The minimum absolute atomic E-state index is 0.239. The smallest absolute Gasteiger partial charge is 0.222 e. The predicted molar refractivity (Wildman–Crippen MR) is 74.0 cm³/mol. The Morgan fingerprint density at radius 1 is 1.05 bits per heavy atom. The van der Waals surface area contributed by atoms with E-state index < -0.39 is 0 Å². The van der Waals surface area contributed by atoms with Crippen LogP contribution in [-0.4, -0.2) is 24.2 Å². The van der Waals surface area contributed by atoms with Crippen LogP contribution in [0.15, 0.2) is 24.3 Å². The minimum atomic E-state index is 0.239. The zero-order valence-electron chi connectivity index (χ0n) is 11.1. The van der Waals surface area contributed by atoms with E-state index in [1.54, 1.807) is 14.2 Å². The summed E-state index contributed by atoms with van der Waals surface area (Å²) in [6.45, 7) is 1.86. The van der Waals surface area contributed by atoms with Gasteiger partial charge in [-0.15, -0.1) is 0 Å². The van der Waals surface area contributed by atoms with Gasteiger partial charge in [0.1, 0.15) is 5.82 Å². The molecule has 0 saturated heterocycles. The van der Waals surface area contributed by atoms with Crippen molar-refractivity contribution in [3.8, 4) is 11.5 Å². The molecule has 0 aliphatic rings. The zero-order valence-corrected chi connectivity index (χ0v) is 11.1. The number of ether oxygens (including phenoxy) is 2. The van der Waals surface area contributed by atoms with Crippen molar-refractivity contribution >= 4 is 17.5 Å². The predicted octanol–water partition coefficient (Wildman–Crippen LogP) is 2.13. The molecule has 6 nitrogen and oxygen atoms in total. The Morgan fingerprint density at radius 3 is 2.42 bits per heavy atom. The number of nitrogen functional groups attached to an aromatic ring is 1. The highest BCUT2D eigenvalue weighted by atomic mass is 16.5. The SMILES string of the molecule is COc1ccc(Nc2cc(C)nc(N)n2)cc1OC. The summed E-state index contributed by atoms with van der Waals surface area (Å²) in [6.07, 6.45) is 0. The van der Waals surface area contributed by atoms with Crippen molar-refractivity contribution in [2.45, 2.75) is 6.92 Å². The van der Waals surface area contributed by atoms with Crippen LogP contribution in [0.5, 0.6) is 11.5 Å². The summed E-state index contributed by atoms with van der Waals surface area (Å²) in [5.41, 5.74) is 7.24. The fourth-order valence-electron chi connectivity index (χ4n) is 1.72. The molecule has 0 saturated carbocycles. The summed E-state index contributed by atoms with van der Waals surface area (Å²) in [6, 6.07) is 7.33. The first kappa shape index (κ1) is 12.9. The fraction of sp³-hybridized carbons (Fsp3) is 0.231. The van der Waals surface area contributed by atoms with Gasteiger partial charge in [0.05, 0.1) is 14.2 Å². The average Bonchev–Trinajstić information content (AvgIpc) is 2.37. The molecule has 0 amide bonds. The van der Waals surface area contributed by atoms with E-state index in [0.29, 0.717) is 17.3 Å². The van der Waals surface area contributed by atoms with Gasteiger partial charge in [-0.05, 0) is 19.1 Å². The first-order chi connectivity index (χ1) is 9.12. The van der Waals surface area contributed by atoms with Crippen LogP contribution in [0.1, 0.15) is 5.69 Å². The molecule has 1 heterocycles. The Balaban J connectivity index is 2.28. The van der Waals surface area contributed by atoms with Crippen LogP contribution in [-0.2, 0) is 0 Å². The highest BCUT2D eigenvalue weighted by Crippen LogP contribution is 2.30. The molecule has 2 aromatic rings. The third-order valence-electron chi connectivity index (χ3n) is 2.53. The Hall–Kier alpha value is -2.50. The molecule has 19 heavy (non-hydrogen) atoms. The second-order valence-corrected chi connectivity index (χ2v) is 3.95. The fourth-order valence-corrected chi connectivity index (χ4v) is 1.72. The molecule has 0 aliphatic carbocycles. The Bertz CT molecular complexity index is 567. The zero-order chi connectivity index (χ0) is 13.8. The molecular formula is C13H16N4O2. The summed E-state index contributed by atoms with van der Waals surface area (Å²) in [4.78, 5) is 8.13. The Labute approximate surface area is 111 Å². The molecule has 0 atom stereocenters. The number of anilines is 3. The number of nitrogens with zero attached hydrogens (tertiary/aromatic N) is 2. The van der Waals surface area contributed by atoms with Gasteiger partial charge in [0.15, 0.2) is 11.5 Å². The lowest BCUT2D eigenvalue weighted by molar-refractivity contribution is 0.355. The summed E-state index contributed by atoms with van der Waals surface area (Å²) in [5, 5.41) is 3.14. The van der Waals surface area contributed by atoms with Crippen LogP contribution in [0, 0.1) is 6.92 Å². The summed E-state index contributed by atoms with van der Waals surface area (Å²) in [7, 11) is 3.19. The largest absolute Gasteiger partial charge is 0.493 e. The van der Waals surface area contributed by atoms with E-state index in [9.17, 15) is 0 Å². The lowest BCUT2D eigenvalue weighted by atomic mass is 10.2. The normalized spacial score (nSPS) is 10.1. The van der Waals surface area contributed by atoms with Gasteiger partial charge in [-0.3, -0.25) is 0 Å². The monoisotopic (exact) mass is 260 g/mol. The van der Waals surface area contributed by atoms with Crippen molar-refractivity contribution in [3.63, 3.8) is 0 Å². The molecule has 0 unspecified atom stereocenters. The number of rotatable bonds is 4. The number of hydrogen-bond donors (Lipinski definition) is 2. The van der Waals surface area contributed by atoms with Crippen LogP contribution in [0.2, 0.25) is 0 Å². The van der Waals surface area contributed by atoms with Gasteiger partial charge in [0, 0.05) is 23.5 Å². The van der Waals surface area contributed by atoms with Crippen molar-refractivity contribution in [2.24, 2.45) is 0 Å². The van der Waals surface area contributed by atoms with Crippen molar-refractivity contribution in [1.29, 1.82) is 0 Å². The van der Waals surface area contributed by atoms with Gasteiger partial charge in [0.2, 0.25) is 5.95 Å². The molecule has 0 radical (unpaired) electrons. The van der Waals surface area contributed by atoms with E-state index >= 15 is 0 Å². The van der Waals surface area contributed by atoms with E-state index in [4.69, 9.17) is 15.2 Å². The van der Waals surface area contributed by atoms with E-state index in [0.717, 1.165) is 11.4 Å². The van der Waals surface area contributed by atoms with Crippen molar-refractivity contribution in [1.82, 2.24) is 9.97 Å². The van der Waals surface area contributed by atoms with E-state index in [2.05, 4.69) is 15.3 Å². The molecule has 0 aliphatic heterocycles. The average molecular weight is 260 g/mol. The summed E-state index contributed by atoms with van der Waals surface area (Å²) >= 11 is 0. The third-order valence-corrected chi connectivity index (χ3v) is 2.53. The quantitative estimate of drug-likeness (QED) is 0.876. The molecule has 0 bridgehead atoms. The standard InChI is InChI=1S/C13H16N4O2/c1-8-6-12(17-13(14)15-8)16-9-4-5-10(18-2)11(7-9)19-3/h4-7H,1-3H3,(H3,14,15,16,17). The number of aromatic nitrogens is 2.